The van der Waals surface area contributed by atoms with E-state index in [0.29, 0.717) is 19.4 Å². The SMILES string of the molecule is C[C@@]1(CNC(=O)CCn2[nH]c(=O)ccc2=O)CCC[C@@H](O)[C@@H](O)[C@H](c2ccccc2)C1. The summed E-state index contributed by atoms with van der Waals surface area (Å²) >= 11 is 0. The number of aliphatic hydroxyl groups excluding tert-OH is 2. The molecule has 1 amide bonds. The first-order valence-electron chi connectivity index (χ1n) is 10.8. The molecule has 1 fully saturated rings. The van der Waals surface area contributed by atoms with E-state index in [2.05, 4.69) is 17.3 Å². The maximum Gasteiger partial charge on any atom is 0.265 e. The molecule has 0 aliphatic heterocycles. The van der Waals surface area contributed by atoms with Gasteiger partial charge in [0.25, 0.3) is 11.1 Å². The third kappa shape index (κ3) is 6.15. The molecule has 1 saturated carbocycles. The molecule has 0 bridgehead atoms. The third-order valence-electron chi connectivity index (χ3n) is 6.19. The molecule has 8 nitrogen and oxygen atoms in total. The number of benzene rings is 1. The van der Waals surface area contributed by atoms with E-state index in [0.717, 1.165) is 29.2 Å². The Balaban J connectivity index is 1.64. The molecule has 1 heterocycles. The van der Waals surface area contributed by atoms with Crippen LogP contribution in [-0.4, -0.2) is 44.7 Å². The highest BCUT2D eigenvalue weighted by Gasteiger charge is 2.37. The lowest BCUT2D eigenvalue weighted by Gasteiger charge is -2.39. The Morgan fingerprint density at radius 2 is 1.94 bits per heavy atom. The number of rotatable bonds is 6. The molecule has 1 aliphatic carbocycles. The van der Waals surface area contributed by atoms with Crippen LogP contribution in [0.5, 0.6) is 0 Å². The van der Waals surface area contributed by atoms with E-state index in [4.69, 9.17) is 0 Å². The number of carbonyl (C=O) groups is 1. The number of nitrogens with zero attached hydrogens (tertiary/aromatic N) is 1. The van der Waals surface area contributed by atoms with Crippen molar-refractivity contribution >= 4 is 5.91 Å². The summed E-state index contributed by atoms with van der Waals surface area (Å²) in [6.07, 6.45) is 1.15. The second-order valence-electron chi connectivity index (χ2n) is 8.81. The summed E-state index contributed by atoms with van der Waals surface area (Å²) in [4.78, 5) is 35.5. The number of H-pyrrole nitrogens is 1. The molecular weight excluding hydrogens is 398 g/mol. The molecule has 0 radical (unpaired) electrons. The van der Waals surface area contributed by atoms with Crippen LogP contribution >= 0.6 is 0 Å². The van der Waals surface area contributed by atoms with E-state index >= 15 is 0 Å². The summed E-state index contributed by atoms with van der Waals surface area (Å²) in [6, 6.07) is 12.0. The summed E-state index contributed by atoms with van der Waals surface area (Å²) in [5.74, 6) is -0.442. The van der Waals surface area contributed by atoms with E-state index in [1.54, 1.807) is 0 Å². The molecule has 0 saturated heterocycles. The van der Waals surface area contributed by atoms with Crippen molar-refractivity contribution in [1.29, 1.82) is 0 Å². The number of carbonyl (C=O) groups excluding carboxylic acids is 1. The van der Waals surface area contributed by atoms with Gasteiger partial charge in [-0.2, -0.15) is 0 Å². The van der Waals surface area contributed by atoms with Crippen LogP contribution in [0.4, 0.5) is 0 Å². The second kappa shape index (κ2) is 10.1. The predicted molar refractivity (Wildman–Crippen MR) is 117 cm³/mol. The van der Waals surface area contributed by atoms with Crippen molar-refractivity contribution in [2.75, 3.05) is 6.54 Å². The number of hydrogen-bond donors (Lipinski definition) is 4. The van der Waals surface area contributed by atoms with E-state index in [9.17, 15) is 24.6 Å². The number of aromatic amines is 1. The molecule has 1 aromatic heterocycles. The maximum absolute atomic E-state index is 12.4. The van der Waals surface area contributed by atoms with Gasteiger partial charge in [0.05, 0.1) is 18.8 Å². The Kier molecular flexibility index (Phi) is 7.46. The predicted octanol–water partition coefficient (Wildman–Crippen LogP) is 1.13. The Labute approximate surface area is 180 Å². The normalized spacial score (nSPS) is 26.6. The van der Waals surface area contributed by atoms with Crippen molar-refractivity contribution < 1.29 is 15.0 Å². The zero-order valence-electron chi connectivity index (χ0n) is 17.8. The van der Waals surface area contributed by atoms with Gasteiger partial charge < -0.3 is 15.5 Å². The minimum absolute atomic E-state index is 0.0688. The van der Waals surface area contributed by atoms with Gasteiger partial charge in [0, 0.05) is 31.0 Å². The van der Waals surface area contributed by atoms with Gasteiger partial charge in [0.15, 0.2) is 0 Å². The average Bonchev–Trinajstić information content (AvgIpc) is 2.76. The van der Waals surface area contributed by atoms with Crippen molar-refractivity contribution in [2.45, 2.75) is 63.7 Å². The van der Waals surface area contributed by atoms with Gasteiger partial charge in [-0.25, -0.2) is 4.68 Å². The lowest BCUT2D eigenvalue weighted by molar-refractivity contribution is -0.122. The number of aliphatic hydroxyl groups is 2. The minimum Gasteiger partial charge on any atom is -0.390 e. The molecule has 0 unspecified atom stereocenters. The summed E-state index contributed by atoms with van der Waals surface area (Å²) in [5, 5.41) is 26.5. The summed E-state index contributed by atoms with van der Waals surface area (Å²) in [6.45, 7) is 2.61. The van der Waals surface area contributed by atoms with Crippen LogP contribution in [0.1, 0.15) is 50.5 Å². The third-order valence-corrected chi connectivity index (χ3v) is 6.19. The zero-order chi connectivity index (χ0) is 22.4. The number of hydrogen-bond acceptors (Lipinski definition) is 5. The Bertz CT molecular complexity index is 986. The van der Waals surface area contributed by atoms with Crippen molar-refractivity contribution in [3.05, 3.63) is 68.7 Å². The first-order chi connectivity index (χ1) is 14.8. The van der Waals surface area contributed by atoms with E-state index < -0.39 is 17.8 Å². The smallest absolute Gasteiger partial charge is 0.265 e. The molecule has 4 atom stereocenters. The largest absolute Gasteiger partial charge is 0.390 e. The van der Waals surface area contributed by atoms with Gasteiger partial charge in [0.1, 0.15) is 0 Å². The highest BCUT2D eigenvalue weighted by Crippen LogP contribution is 2.41. The Hall–Kier alpha value is -2.71. The van der Waals surface area contributed by atoms with E-state index in [1.807, 2.05) is 30.3 Å². The fraction of sp³-hybridized carbons (Fsp3) is 0.522. The molecule has 4 N–H and O–H groups in total. The second-order valence-corrected chi connectivity index (χ2v) is 8.81. The van der Waals surface area contributed by atoms with Crippen LogP contribution in [0, 0.1) is 5.41 Å². The molecule has 1 aromatic carbocycles. The van der Waals surface area contributed by atoms with Crippen molar-refractivity contribution in [3.8, 4) is 0 Å². The quantitative estimate of drug-likeness (QED) is 0.548. The molecule has 31 heavy (non-hydrogen) atoms. The molecule has 8 heteroatoms. The summed E-state index contributed by atoms with van der Waals surface area (Å²) in [5.41, 5.74) is -0.0388. The van der Waals surface area contributed by atoms with Crippen molar-refractivity contribution in [3.63, 3.8) is 0 Å². The number of aryl methyl sites for hydroxylation is 1. The molecule has 3 rings (SSSR count). The van der Waals surface area contributed by atoms with Gasteiger partial charge in [-0.3, -0.25) is 19.5 Å². The van der Waals surface area contributed by atoms with E-state index in [-0.39, 0.29) is 35.8 Å². The van der Waals surface area contributed by atoms with Gasteiger partial charge >= 0.3 is 0 Å². The zero-order valence-corrected chi connectivity index (χ0v) is 17.8. The first-order valence-corrected chi connectivity index (χ1v) is 10.8. The van der Waals surface area contributed by atoms with Crippen LogP contribution in [0.25, 0.3) is 0 Å². The molecule has 168 valence electrons. The fourth-order valence-corrected chi connectivity index (χ4v) is 4.35. The minimum atomic E-state index is -0.862. The average molecular weight is 430 g/mol. The van der Waals surface area contributed by atoms with Crippen LogP contribution in [0.2, 0.25) is 0 Å². The molecular formula is C23H31N3O5. The lowest BCUT2D eigenvalue weighted by Crippen LogP contribution is -2.42. The Morgan fingerprint density at radius 1 is 1.19 bits per heavy atom. The van der Waals surface area contributed by atoms with Crippen LogP contribution in [-0.2, 0) is 11.3 Å². The summed E-state index contributed by atoms with van der Waals surface area (Å²) < 4.78 is 1.13. The van der Waals surface area contributed by atoms with Crippen LogP contribution < -0.4 is 16.4 Å². The fourth-order valence-electron chi connectivity index (χ4n) is 4.35. The maximum atomic E-state index is 12.4. The molecule has 0 spiro atoms. The van der Waals surface area contributed by atoms with Gasteiger partial charge in [-0.05, 0) is 30.2 Å². The monoisotopic (exact) mass is 429 g/mol. The molecule has 1 aliphatic rings. The highest BCUT2D eigenvalue weighted by atomic mass is 16.3. The van der Waals surface area contributed by atoms with Gasteiger partial charge in [-0.1, -0.05) is 43.7 Å². The standard InChI is InChI=1S/C23H31N3O5/c1-23(15-24-19(28)11-13-26-21(30)10-9-20(29)25-26)12-5-8-18(27)22(31)17(14-23)16-6-3-2-4-7-16/h2-4,6-7,9-10,17-18,22,27,31H,5,8,11-15H2,1H3,(H,24,28)(H,25,29)/t17-,18+,22-,23+/m0/s1. The van der Waals surface area contributed by atoms with Crippen LogP contribution in [0.15, 0.2) is 52.1 Å². The topological polar surface area (TPSA) is 124 Å². The number of amides is 1. The molecule has 2 aromatic rings. The Morgan fingerprint density at radius 3 is 2.68 bits per heavy atom. The highest BCUT2D eigenvalue weighted by molar-refractivity contribution is 5.75. The van der Waals surface area contributed by atoms with E-state index in [1.165, 1.54) is 6.07 Å². The lowest BCUT2D eigenvalue weighted by atomic mass is 9.70. The van der Waals surface area contributed by atoms with Crippen LogP contribution in [0.3, 0.4) is 0 Å². The number of aromatic nitrogens is 2. The summed E-state index contributed by atoms with van der Waals surface area (Å²) in [7, 11) is 0. The number of nitrogens with one attached hydrogen (secondary N) is 2. The van der Waals surface area contributed by atoms with Gasteiger partial charge in [-0.15, -0.1) is 0 Å². The van der Waals surface area contributed by atoms with Crippen molar-refractivity contribution in [2.24, 2.45) is 5.41 Å². The van der Waals surface area contributed by atoms with Gasteiger partial charge in [0.2, 0.25) is 5.91 Å². The van der Waals surface area contributed by atoms with Crippen molar-refractivity contribution in [1.82, 2.24) is 15.1 Å². The first kappa shape index (κ1) is 23.0.